The SMILES string of the molecule is CCn1c(-c2cccnc2[C@H](C)OC)c2c3cc(ccc31)-c1csc(n1)C[C@H](NC(=O)[C@H](C(C)C)N(C)C(=O)N1CCOC3(COC3)C1)C(=O)N1CCC[C@@](O)(N1)C(=O)OCC(C)(C)C2. The molecular weight excluding hydrogens is 853 g/mol. The molecule has 1 aromatic carbocycles. The van der Waals surface area contributed by atoms with Crippen LogP contribution in [0.4, 0.5) is 4.79 Å². The lowest BCUT2D eigenvalue weighted by atomic mass is 9.84. The summed E-state index contributed by atoms with van der Waals surface area (Å²) < 4.78 is 25.4. The molecular formula is C47H62N8O9S. The Morgan fingerprint density at radius 1 is 1.14 bits per heavy atom. The number of aliphatic hydroxyl groups is 1. The molecule has 3 N–H and O–H groups in total. The maximum atomic E-state index is 14.6. The monoisotopic (exact) mass is 914 g/mol. The first-order chi connectivity index (χ1) is 31.0. The van der Waals surface area contributed by atoms with Crippen molar-refractivity contribution in [1.29, 1.82) is 0 Å². The number of likely N-dealkylation sites (N-methyl/N-ethyl adjacent to an activating group) is 1. The first-order valence-corrected chi connectivity index (χ1v) is 23.5. The van der Waals surface area contributed by atoms with Gasteiger partial charge in [-0.1, -0.05) is 33.8 Å². The smallest absolute Gasteiger partial charge is 0.355 e. The second-order valence-corrected chi connectivity index (χ2v) is 20.0. The molecule has 0 aliphatic carbocycles. The van der Waals surface area contributed by atoms with E-state index in [1.54, 1.807) is 25.3 Å². The Balaban J connectivity index is 1.17. The number of aryl methyl sites for hydroxylation is 1. The zero-order valence-corrected chi connectivity index (χ0v) is 39.5. The van der Waals surface area contributed by atoms with E-state index in [9.17, 15) is 24.3 Å². The van der Waals surface area contributed by atoms with Crippen molar-refractivity contribution in [3.63, 3.8) is 0 Å². The van der Waals surface area contributed by atoms with Gasteiger partial charge in [0, 0.05) is 85.7 Å². The molecule has 0 saturated carbocycles. The number of esters is 1. The number of hydrazine groups is 1. The molecule has 4 aromatic rings. The molecule has 65 heavy (non-hydrogen) atoms. The van der Waals surface area contributed by atoms with Gasteiger partial charge in [0.05, 0.1) is 61.2 Å². The number of nitrogens with zero attached hydrogens (tertiary/aromatic N) is 6. The highest BCUT2D eigenvalue weighted by Crippen LogP contribution is 2.42. The maximum absolute atomic E-state index is 14.6. The average Bonchev–Trinajstić information content (AvgIpc) is 3.87. The highest BCUT2D eigenvalue weighted by molar-refractivity contribution is 7.10. The number of pyridine rings is 1. The third kappa shape index (κ3) is 9.12. The lowest BCUT2D eigenvalue weighted by Gasteiger charge is -2.48. The van der Waals surface area contributed by atoms with Crippen molar-refractivity contribution < 1.29 is 43.2 Å². The number of urea groups is 1. The third-order valence-electron chi connectivity index (χ3n) is 13.1. The summed E-state index contributed by atoms with van der Waals surface area (Å²) in [6.45, 7) is 14.5. The van der Waals surface area contributed by atoms with E-state index in [0.29, 0.717) is 56.6 Å². The number of benzene rings is 1. The normalized spacial score (nSPS) is 23.1. The Bertz CT molecular complexity index is 2450. The molecule has 6 bridgehead atoms. The number of hydrogen-bond acceptors (Lipinski definition) is 13. The number of methoxy groups -OCH3 is 1. The Labute approximate surface area is 383 Å². The molecule has 350 valence electrons. The Morgan fingerprint density at radius 3 is 2.63 bits per heavy atom. The summed E-state index contributed by atoms with van der Waals surface area (Å²) in [5.41, 5.74) is 5.77. The zero-order chi connectivity index (χ0) is 46.4. The molecule has 4 aliphatic rings. The predicted octanol–water partition coefficient (Wildman–Crippen LogP) is 4.70. The first kappa shape index (κ1) is 46.5. The van der Waals surface area contributed by atoms with E-state index in [1.807, 2.05) is 52.1 Å². The van der Waals surface area contributed by atoms with Gasteiger partial charge < -0.3 is 43.7 Å². The number of cyclic esters (lactones) is 1. The number of aromatic nitrogens is 3. The number of carbonyl (C=O) groups is 4. The van der Waals surface area contributed by atoms with Crippen molar-refractivity contribution in [2.75, 3.05) is 60.2 Å². The van der Waals surface area contributed by atoms with Crippen molar-refractivity contribution in [1.82, 2.24) is 40.1 Å². The highest BCUT2D eigenvalue weighted by atomic mass is 32.1. The van der Waals surface area contributed by atoms with Gasteiger partial charge >= 0.3 is 12.0 Å². The van der Waals surface area contributed by atoms with E-state index in [-0.39, 0.29) is 50.5 Å². The fraction of sp³-hybridized carbons (Fsp3) is 0.574. The van der Waals surface area contributed by atoms with E-state index >= 15 is 0 Å². The average molecular weight is 915 g/mol. The van der Waals surface area contributed by atoms with E-state index < -0.39 is 46.6 Å². The van der Waals surface area contributed by atoms with E-state index in [4.69, 9.17) is 28.9 Å². The molecule has 3 aromatic heterocycles. The lowest BCUT2D eigenvalue weighted by Crippen LogP contribution is -2.68. The first-order valence-electron chi connectivity index (χ1n) is 22.6. The van der Waals surface area contributed by atoms with Crippen LogP contribution in [0.15, 0.2) is 41.9 Å². The van der Waals surface area contributed by atoms with Gasteiger partial charge in [-0.05, 0) is 62.4 Å². The quantitative estimate of drug-likeness (QED) is 0.207. The molecule has 0 unspecified atom stereocenters. The fourth-order valence-corrected chi connectivity index (χ4v) is 10.5. The van der Waals surface area contributed by atoms with Gasteiger partial charge in [0.25, 0.3) is 5.91 Å². The molecule has 4 aliphatic heterocycles. The van der Waals surface area contributed by atoms with E-state index in [0.717, 1.165) is 39.0 Å². The van der Waals surface area contributed by atoms with Crippen LogP contribution in [0.3, 0.4) is 0 Å². The van der Waals surface area contributed by atoms with E-state index in [1.165, 1.54) is 21.2 Å². The number of hydrogen-bond donors (Lipinski definition) is 3. The molecule has 8 rings (SSSR count). The summed E-state index contributed by atoms with van der Waals surface area (Å²) in [4.78, 5) is 70.0. The standard InChI is InChI=1S/C47H62N8O9S/c1-9-54-36-14-13-30-20-32(36)33(40(54)31-12-10-16-48-38(31)29(4)61-8)22-45(5,6)25-63-43(58)47(60)15-11-17-55(51-47)42(57)34(21-37-49-35(30)23-65-37)50-41(56)39(28(2)3)52(7)44(59)53-18-19-64-46(24-53)26-62-27-46/h10,12-14,16,20,23,28-29,34,39,51,60H,9,11,15,17-19,21-22,24-27H2,1-8H3,(H,50,56)/t29-,34-,39-,47-/m0/s1. The second-order valence-electron chi connectivity index (χ2n) is 19.0. The highest BCUT2D eigenvalue weighted by Gasteiger charge is 2.48. The molecule has 18 heteroatoms. The maximum Gasteiger partial charge on any atom is 0.355 e. The number of ether oxygens (including phenoxy) is 4. The van der Waals surface area contributed by atoms with Crippen LogP contribution in [0.5, 0.6) is 0 Å². The van der Waals surface area contributed by atoms with Crippen molar-refractivity contribution >= 4 is 46.1 Å². The summed E-state index contributed by atoms with van der Waals surface area (Å²) >= 11 is 1.37. The van der Waals surface area contributed by atoms with Crippen LogP contribution >= 0.6 is 11.3 Å². The predicted molar refractivity (Wildman–Crippen MR) is 243 cm³/mol. The summed E-state index contributed by atoms with van der Waals surface area (Å²) in [5.74, 6) is -2.34. The topological polar surface area (TPSA) is 190 Å². The molecule has 3 saturated heterocycles. The minimum absolute atomic E-state index is 0.00142. The number of rotatable bonds is 8. The van der Waals surface area contributed by atoms with Crippen molar-refractivity contribution in [3.8, 4) is 22.5 Å². The third-order valence-corrected chi connectivity index (χ3v) is 14.0. The van der Waals surface area contributed by atoms with Crippen LogP contribution < -0.4 is 10.7 Å². The van der Waals surface area contributed by atoms with Crippen molar-refractivity contribution in [2.45, 2.75) is 103 Å². The number of nitrogens with one attached hydrogen (secondary N) is 2. The van der Waals surface area contributed by atoms with Crippen molar-refractivity contribution in [3.05, 3.63) is 58.2 Å². The number of thiazole rings is 1. The van der Waals surface area contributed by atoms with Gasteiger partial charge in [-0.15, -0.1) is 11.3 Å². The number of fused-ring (bicyclic) bond motifs is 6. The van der Waals surface area contributed by atoms with Crippen LogP contribution in [0.25, 0.3) is 33.4 Å². The summed E-state index contributed by atoms with van der Waals surface area (Å²) in [6.07, 6.45) is 2.27. The van der Waals surface area contributed by atoms with Gasteiger partial charge in [0.2, 0.25) is 11.6 Å². The van der Waals surface area contributed by atoms with Crippen LogP contribution in [-0.4, -0.2) is 142 Å². The van der Waals surface area contributed by atoms with Gasteiger partial charge in [0.1, 0.15) is 17.7 Å². The molecule has 7 heterocycles. The van der Waals surface area contributed by atoms with E-state index in [2.05, 4.69) is 40.4 Å². The number of carbonyl (C=O) groups excluding carboxylic acids is 4. The van der Waals surface area contributed by atoms with Crippen molar-refractivity contribution in [2.24, 2.45) is 11.3 Å². The van der Waals surface area contributed by atoms with Crippen LogP contribution in [-0.2, 0) is 52.7 Å². The van der Waals surface area contributed by atoms with Crippen LogP contribution in [0.2, 0.25) is 0 Å². The largest absolute Gasteiger partial charge is 0.462 e. The zero-order valence-electron chi connectivity index (χ0n) is 38.6. The minimum Gasteiger partial charge on any atom is -0.462 e. The van der Waals surface area contributed by atoms with Gasteiger partial charge in [0.15, 0.2) is 0 Å². The lowest BCUT2D eigenvalue weighted by molar-refractivity contribution is -0.232. The molecule has 4 amide bonds. The van der Waals surface area contributed by atoms with Gasteiger partial charge in [-0.25, -0.2) is 14.6 Å². The molecule has 17 nitrogen and oxygen atoms in total. The Morgan fingerprint density at radius 2 is 1.92 bits per heavy atom. The minimum atomic E-state index is -2.22. The molecule has 3 fully saturated rings. The number of amides is 4. The Kier molecular flexibility index (Phi) is 13.1. The van der Waals surface area contributed by atoms with Gasteiger partial charge in [-0.2, -0.15) is 5.43 Å². The van der Waals surface area contributed by atoms with Crippen LogP contribution in [0, 0.1) is 11.3 Å². The van der Waals surface area contributed by atoms with Crippen LogP contribution in [0.1, 0.15) is 76.8 Å². The summed E-state index contributed by atoms with van der Waals surface area (Å²) in [7, 11) is 3.26. The second kappa shape index (κ2) is 18.4. The summed E-state index contributed by atoms with van der Waals surface area (Å²) in [5, 5.41) is 19.6. The molecule has 4 atom stereocenters. The van der Waals surface area contributed by atoms with Gasteiger partial charge in [-0.3, -0.25) is 19.6 Å². The number of morpholine rings is 1. The molecule has 1 spiro atoms. The molecule has 0 radical (unpaired) electrons. The Hall–Kier alpha value is -4.98. The summed E-state index contributed by atoms with van der Waals surface area (Å²) in [6, 6.07) is 7.82. The fourth-order valence-electron chi connectivity index (χ4n) is 9.64.